The summed E-state index contributed by atoms with van der Waals surface area (Å²) in [7, 11) is 0. The van der Waals surface area contributed by atoms with Gasteiger partial charge in [0.2, 0.25) is 0 Å². The van der Waals surface area contributed by atoms with E-state index in [4.69, 9.17) is 0 Å². The summed E-state index contributed by atoms with van der Waals surface area (Å²) < 4.78 is 13.5. The normalized spacial score (nSPS) is 12.4. The van der Waals surface area contributed by atoms with Gasteiger partial charge < -0.3 is 5.11 Å². The van der Waals surface area contributed by atoms with E-state index in [-0.39, 0.29) is 5.82 Å². The number of aryl methyl sites for hydroxylation is 1. The molecular weight excluding hydrogens is 299 g/mol. The second-order valence-electron chi connectivity index (χ2n) is 4.09. The average Bonchev–Trinajstić information content (AvgIpc) is 2.34. The lowest BCUT2D eigenvalue weighted by Crippen LogP contribution is -2.07. The first kappa shape index (κ1) is 13.1. The van der Waals surface area contributed by atoms with E-state index in [9.17, 15) is 9.50 Å². The van der Waals surface area contributed by atoms with Gasteiger partial charge in [0.25, 0.3) is 0 Å². The monoisotopic (exact) mass is 310 g/mol. The molecule has 0 aliphatic carbocycles. The second-order valence-corrected chi connectivity index (χ2v) is 4.94. The highest BCUT2D eigenvalue weighted by molar-refractivity contribution is 9.10. The number of nitrogens with zero attached hydrogens (tertiary/aromatic N) is 2. The first-order valence-electron chi connectivity index (χ1n) is 5.47. The Morgan fingerprint density at radius 3 is 2.61 bits per heavy atom. The van der Waals surface area contributed by atoms with Gasteiger partial charge in [-0.3, -0.25) is 0 Å². The number of halogens is 2. The molecule has 94 valence electrons. The molecule has 0 aliphatic rings. The van der Waals surface area contributed by atoms with Crippen LogP contribution < -0.4 is 0 Å². The minimum Gasteiger partial charge on any atom is -0.385 e. The molecule has 0 aliphatic heterocycles. The molecule has 2 rings (SSSR count). The molecule has 0 saturated heterocycles. The molecule has 1 N–H and O–H groups in total. The maximum absolute atomic E-state index is 13.1. The van der Waals surface area contributed by atoms with Crippen LogP contribution in [0.4, 0.5) is 4.39 Å². The number of aromatic nitrogens is 2. The lowest BCUT2D eigenvalue weighted by molar-refractivity contribution is 0.168. The number of aliphatic hydroxyl groups is 1. The predicted molar refractivity (Wildman–Crippen MR) is 69.5 cm³/mol. The van der Waals surface area contributed by atoms with Crippen molar-refractivity contribution in [2.75, 3.05) is 0 Å². The molecular formula is C13H12BrFN2O. The van der Waals surface area contributed by atoms with Gasteiger partial charge in [0, 0.05) is 18.8 Å². The second kappa shape index (κ2) is 5.54. The van der Waals surface area contributed by atoms with Crippen LogP contribution in [-0.4, -0.2) is 15.1 Å². The van der Waals surface area contributed by atoms with Crippen LogP contribution in [0.1, 0.15) is 23.1 Å². The Labute approximate surface area is 113 Å². The van der Waals surface area contributed by atoms with Gasteiger partial charge in [-0.25, -0.2) is 14.4 Å². The molecule has 1 atom stereocenters. The Kier molecular flexibility index (Phi) is 4.04. The summed E-state index contributed by atoms with van der Waals surface area (Å²) in [6.07, 6.45) is 2.88. The summed E-state index contributed by atoms with van der Waals surface area (Å²) in [5, 5.41) is 9.99. The van der Waals surface area contributed by atoms with E-state index in [0.717, 1.165) is 11.1 Å². The van der Waals surface area contributed by atoms with E-state index >= 15 is 0 Å². The maximum Gasteiger partial charge on any atom is 0.157 e. The molecule has 3 nitrogen and oxygen atoms in total. The van der Waals surface area contributed by atoms with Crippen LogP contribution in [0.25, 0.3) is 0 Å². The van der Waals surface area contributed by atoms with Crippen LogP contribution in [0, 0.1) is 12.7 Å². The van der Waals surface area contributed by atoms with E-state index in [2.05, 4.69) is 25.9 Å². The number of benzene rings is 1. The van der Waals surface area contributed by atoms with Gasteiger partial charge in [-0.05, 0) is 46.1 Å². The van der Waals surface area contributed by atoms with Crippen molar-refractivity contribution in [2.45, 2.75) is 19.4 Å². The van der Waals surface area contributed by atoms with Crippen molar-refractivity contribution in [3.8, 4) is 0 Å². The summed E-state index contributed by atoms with van der Waals surface area (Å²) in [6, 6.07) is 4.65. The Hall–Kier alpha value is -1.33. The Bertz CT molecular complexity index is 545. The lowest BCUT2D eigenvalue weighted by atomic mass is 10.1. The number of aliphatic hydroxyl groups excluding tert-OH is 1. The van der Waals surface area contributed by atoms with Crippen LogP contribution in [0.2, 0.25) is 0 Å². The highest BCUT2D eigenvalue weighted by Crippen LogP contribution is 2.20. The first-order valence-corrected chi connectivity index (χ1v) is 6.26. The zero-order valence-corrected chi connectivity index (χ0v) is 11.4. The largest absolute Gasteiger partial charge is 0.385 e. The standard InChI is InChI=1S/C13H12BrFN2O/c1-8-6-16-13(17-7-8)12(18)5-9-2-3-11(15)10(14)4-9/h2-4,6-7,12,18H,5H2,1H3. The Morgan fingerprint density at radius 2 is 2.00 bits per heavy atom. The fourth-order valence-electron chi connectivity index (χ4n) is 1.56. The van der Waals surface area contributed by atoms with Gasteiger partial charge in [0.1, 0.15) is 11.9 Å². The highest BCUT2D eigenvalue weighted by Gasteiger charge is 2.12. The molecule has 0 radical (unpaired) electrons. The van der Waals surface area contributed by atoms with Gasteiger partial charge >= 0.3 is 0 Å². The minimum absolute atomic E-state index is 0.320. The quantitative estimate of drug-likeness (QED) is 0.948. The fraction of sp³-hybridized carbons (Fsp3) is 0.231. The number of hydrogen-bond donors (Lipinski definition) is 1. The minimum atomic E-state index is -0.789. The molecule has 2 aromatic rings. The molecule has 0 amide bonds. The number of rotatable bonds is 3. The summed E-state index contributed by atoms with van der Waals surface area (Å²) >= 11 is 3.11. The third kappa shape index (κ3) is 3.11. The van der Waals surface area contributed by atoms with Crippen LogP contribution in [0.15, 0.2) is 35.1 Å². The van der Waals surface area contributed by atoms with Crippen molar-refractivity contribution in [1.82, 2.24) is 9.97 Å². The summed E-state index contributed by atoms with van der Waals surface area (Å²) in [5.41, 5.74) is 1.76. The summed E-state index contributed by atoms with van der Waals surface area (Å²) in [5.74, 6) is 0.0564. The molecule has 1 aromatic carbocycles. The van der Waals surface area contributed by atoms with E-state index in [1.54, 1.807) is 24.5 Å². The van der Waals surface area contributed by atoms with Gasteiger partial charge in [-0.1, -0.05) is 6.07 Å². The molecule has 0 bridgehead atoms. The summed E-state index contributed by atoms with van der Waals surface area (Å²) in [6.45, 7) is 1.88. The fourth-order valence-corrected chi connectivity index (χ4v) is 1.98. The van der Waals surface area contributed by atoms with E-state index < -0.39 is 6.10 Å². The van der Waals surface area contributed by atoms with Crippen LogP contribution >= 0.6 is 15.9 Å². The maximum atomic E-state index is 13.1. The molecule has 0 spiro atoms. The first-order chi connectivity index (χ1) is 8.56. The summed E-state index contributed by atoms with van der Waals surface area (Å²) in [4.78, 5) is 8.13. The zero-order chi connectivity index (χ0) is 13.1. The van der Waals surface area contributed by atoms with Crippen LogP contribution in [0.3, 0.4) is 0 Å². The molecule has 18 heavy (non-hydrogen) atoms. The van der Waals surface area contributed by atoms with Gasteiger partial charge in [0.05, 0.1) is 4.47 Å². The topological polar surface area (TPSA) is 46.0 Å². The molecule has 1 unspecified atom stereocenters. The third-order valence-corrected chi connectivity index (χ3v) is 3.12. The van der Waals surface area contributed by atoms with Crippen molar-refractivity contribution in [2.24, 2.45) is 0 Å². The number of hydrogen-bond acceptors (Lipinski definition) is 3. The third-order valence-electron chi connectivity index (χ3n) is 2.51. The van der Waals surface area contributed by atoms with Gasteiger partial charge in [-0.2, -0.15) is 0 Å². The van der Waals surface area contributed by atoms with Crippen molar-refractivity contribution < 1.29 is 9.50 Å². The lowest BCUT2D eigenvalue weighted by Gasteiger charge is -2.09. The van der Waals surface area contributed by atoms with Crippen molar-refractivity contribution in [3.63, 3.8) is 0 Å². The van der Waals surface area contributed by atoms with E-state index in [1.807, 2.05) is 6.92 Å². The highest BCUT2D eigenvalue weighted by atomic mass is 79.9. The molecule has 1 heterocycles. The molecule has 0 fully saturated rings. The molecule has 1 aromatic heterocycles. The van der Waals surface area contributed by atoms with Crippen molar-refractivity contribution in [1.29, 1.82) is 0 Å². The van der Waals surface area contributed by atoms with Gasteiger partial charge in [-0.15, -0.1) is 0 Å². The van der Waals surface area contributed by atoms with E-state index in [0.29, 0.717) is 16.7 Å². The predicted octanol–water partition coefficient (Wildman–Crippen LogP) is 2.96. The van der Waals surface area contributed by atoms with Gasteiger partial charge in [0.15, 0.2) is 5.82 Å². The van der Waals surface area contributed by atoms with Crippen molar-refractivity contribution in [3.05, 3.63) is 57.8 Å². The average molecular weight is 311 g/mol. The van der Waals surface area contributed by atoms with Crippen LogP contribution in [0.5, 0.6) is 0 Å². The van der Waals surface area contributed by atoms with Crippen LogP contribution in [-0.2, 0) is 6.42 Å². The smallest absolute Gasteiger partial charge is 0.157 e. The Balaban J connectivity index is 2.13. The molecule has 5 heteroatoms. The zero-order valence-electron chi connectivity index (χ0n) is 9.77. The Morgan fingerprint density at radius 1 is 1.33 bits per heavy atom. The van der Waals surface area contributed by atoms with Crippen molar-refractivity contribution >= 4 is 15.9 Å². The SMILES string of the molecule is Cc1cnc(C(O)Cc2ccc(F)c(Br)c2)nc1. The van der Waals surface area contributed by atoms with E-state index in [1.165, 1.54) is 6.07 Å². The molecule has 0 saturated carbocycles.